The SMILES string of the molecule is O=C(Cn1cnc2ccccc2c1=O)N1CCN(c2ccc(Nc3ccncc3)nn2)CC1. The molecule has 4 heterocycles. The van der Waals surface area contributed by atoms with E-state index in [-0.39, 0.29) is 18.0 Å². The van der Waals surface area contributed by atoms with Crippen molar-refractivity contribution in [2.24, 2.45) is 0 Å². The van der Waals surface area contributed by atoms with Crippen molar-refractivity contribution in [3.05, 3.63) is 77.6 Å². The molecule has 10 nitrogen and oxygen atoms in total. The van der Waals surface area contributed by atoms with E-state index in [1.165, 1.54) is 10.9 Å². The van der Waals surface area contributed by atoms with Crippen LogP contribution in [0.1, 0.15) is 0 Å². The summed E-state index contributed by atoms with van der Waals surface area (Å²) < 4.78 is 1.37. The number of aromatic nitrogens is 5. The fourth-order valence-corrected chi connectivity index (χ4v) is 3.79. The van der Waals surface area contributed by atoms with Gasteiger partial charge in [-0.1, -0.05) is 12.1 Å². The van der Waals surface area contributed by atoms with Gasteiger partial charge in [-0.25, -0.2) is 4.98 Å². The van der Waals surface area contributed by atoms with E-state index in [0.717, 1.165) is 11.5 Å². The van der Waals surface area contributed by atoms with E-state index in [1.54, 1.807) is 35.5 Å². The second-order valence-corrected chi connectivity index (χ2v) is 7.70. The molecule has 166 valence electrons. The molecule has 0 atom stereocenters. The van der Waals surface area contributed by atoms with Gasteiger partial charge >= 0.3 is 0 Å². The molecule has 1 amide bonds. The molecule has 1 aromatic carbocycles. The molecule has 33 heavy (non-hydrogen) atoms. The Kier molecular flexibility index (Phi) is 5.62. The summed E-state index contributed by atoms with van der Waals surface area (Å²) in [5, 5.41) is 12.3. The minimum absolute atomic E-state index is 0.0220. The highest BCUT2D eigenvalue weighted by Gasteiger charge is 2.22. The van der Waals surface area contributed by atoms with E-state index in [9.17, 15) is 9.59 Å². The number of anilines is 3. The number of hydrogen-bond acceptors (Lipinski definition) is 8. The predicted octanol–water partition coefficient (Wildman–Crippen LogP) is 1.67. The van der Waals surface area contributed by atoms with Gasteiger partial charge in [0.05, 0.1) is 17.2 Å². The second-order valence-electron chi connectivity index (χ2n) is 7.70. The van der Waals surface area contributed by atoms with E-state index in [2.05, 4.69) is 30.4 Å². The quantitative estimate of drug-likeness (QED) is 0.497. The monoisotopic (exact) mass is 442 g/mol. The molecule has 0 bridgehead atoms. The number of benzene rings is 1. The van der Waals surface area contributed by atoms with Crippen molar-refractivity contribution in [3.63, 3.8) is 0 Å². The first-order valence-corrected chi connectivity index (χ1v) is 10.6. The van der Waals surface area contributed by atoms with E-state index in [1.807, 2.05) is 30.3 Å². The lowest BCUT2D eigenvalue weighted by Gasteiger charge is -2.35. The molecule has 1 aliphatic heterocycles. The summed E-state index contributed by atoms with van der Waals surface area (Å²) >= 11 is 0. The van der Waals surface area contributed by atoms with E-state index in [0.29, 0.717) is 42.9 Å². The van der Waals surface area contributed by atoms with Crippen LogP contribution in [0, 0.1) is 0 Å². The fraction of sp³-hybridized carbons (Fsp3) is 0.217. The number of rotatable bonds is 5. The van der Waals surface area contributed by atoms with Crippen LogP contribution in [0.3, 0.4) is 0 Å². The minimum atomic E-state index is -0.205. The Balaban J connectivity index is 1.18. The van der Waals surface area contributed by atoms with Crippen LogP contribution in [-0.4, -0.2) is 61.7 Å². The summed E-state index contributed by atoms with van der Waals surface area (Å²) in [7, 11) is 0. The van der Waals surface area contributed by atoms with Gasteiger partial charge in [-0.15, -0.1) is 10.2 Å². The fourth-order valence-electron chi connectivity index (χ4n) is 3.79. The van der Waals surface area contributed by atoms with Gasteiger partial charge in [-0.05, 0) is 36.4 Å². The number of carbonyl (C=O) groups is 1. The Morgan fingerprint density at radius 3 is 2.48 bits per heavy atom. The smallest absolute Gasteiger partial charge is 0.261 e. The van der Waals surface area contributed by atoms with E-state index in [4.69, 9.17) is 0 Å². The van der Waals surface area contributed by atoms with Crippen LogP contribution in [-0.2, 0) is 11.3 Å². The lowest BCUT2D eigenvalue weighted by atomic mass is 10.2. The molecule has 1 N–H and O–H groups in total. The summed E-state index contributed by atoms with van der Waals surface area (Å²) in [6.45, 7) is 2.36. The number of hydrogen-bond donors (Lipinski definition) is 1. The third-order valence-corrected chi connectivity index (χ3v) is 5.60. The molecule has 4 aromatic rings. The number of nitrogens with zero attached hydrogens (tertiary/aromatic N) is 7. The molecular weight excluding hydrogens is 420 g/mol. The highest BCUT2D eigenvalue weighted by atomic mass is 16.2. The van der Waals surface area contributed by atoms with Gasteiger partial charge in [-0.2, -0.15) is 0 Å². The van der Waals surface area contributed by atoms with Gasteiger partial charge in [0.25, 0.3) is 5.56 Å². The number of para-hydroxylation sites is 1. The number of fused-ring (bicyclic) bond motifs is 1. The van der Waals surface area contributed by atoms with Crippen molar-refractivity contribution in [1.82, 2.24) is 29.6 Å². The largest absolute Gasteiger partial charge is 0.352 e. The molecule has 10 heteroatoms. The average Bonchev–Trinajstić information content (AvgIpc) is 2.87. The Bertz CT molecular complexity index is 1320. The van der Waals surface area contributed by atoms with Crippen LogP contribution in [0.4, 0.5) is 17.3 Å². The summed E-state index contributed by atoms with van der Waals surface area (Å²) in [5.74, 6) is 1.31. The van der Waals surface area contributed by atoms with Crippen molar-refractivity contribution in [3.8, 4) is 0 Å². The normalized spacial score (nSPS) is 13.8. The Labute approximate surface area is 189 Å². The van der Waals surface area contributed by atoms with E-state index < -0.39 is 0 Å². The van der Waals surface area contributed by atoms with Gasteiger partial charge in [0.1, 0.15) is 6.54 Å². The predicted molar refractivity (Wildman–Crippen MR) is 124 cm³/mol. The maximum absolute atomic E-state index is 12.8. The summed E-state index contributed by atoms with van der Waals surface area (Å²) in [6.07, 6.45) is 4.85. The van der Waals surface area contributed by atoms with Crippen molar-refractivity contribution in [2.75, 3.05) is 36.4 Å². The number of nitrogens with one attached hydrogen (secondary N) is 1. The van der Waals surface area contributed by atoms with Gasteiger partial charge in [0.15, 0.2) is 11.6 Å². The average molecular weight is 442 g/mol. The number of piperazine rings is 1. The lowest BCUT2D eigenvalue weighted by molar-refractivity contribution is -0.132. The first kappa shape index (κ1) is 20.6. The topological polar surface area (TPSA) is 109 Å². The molecule has 1 fully saturated rings. The maximum Gasteiger partial charge on any atom is 0.261 e. The van der Waals surface area contributed by atoms with Crippen LogP contribution in [0.25, 0.3) is 10.9 Å². The zero-order valence-corrected chi connectivity index (χ0v) is 17.8. The van der Waals surface area contributed by atoms with Crippen LogP contribution >= 0.6 is 0 Å². The second kappa shape index (κ2) is 9.03. The summed E-state index contributed by atoms with van der Waals surface area (Å²) in [5.41, 5.74) is 1.31. The molecule has 0 spiro atoms. The minimum Gasteiger partial charge on any atom is -0.352 e. The zero-order chi connectivity index (χ0) is 22.6. The molecule has 0 unspecified atom stereocenters. The maximum atomic E-state index is 12.8. The molecule has 0 saturated carbocycles. The molecule has 5 rings (SSSR count). The molecule has 3 aromatic heterocycles. The van der Waals surface area contributed by atoms with Gasteiger partial charge < -0.3 is 15.1 Å². The van der Waals surface area contributed by atoms with Gasteiger partial charge in [0.2, 0.25) is 5.91 Å². The van der Waals surface area contributed by atoms with Gasteiger partial charge in [0, 0.05) is 44.3 Å². The van der Waals surface area contributed by atoms with Crippen molar-refractivity contribution in [1.29, 1.82) is 0 Å². The Hall–Kier alpha value is -4.34. The van der Waals surface area contributed by atoms with Crippen LogP contribution in [0.2, 0.25) is 0 Å². The van der Waals surface area contributed by atoms with E-state index >= 15 is 0 Å². The van der Waals surface area contributed by atoms with Gasteiger partial charge in [-0.3, -0.25) is 19.1 Å². The van der Waals surface area contributed by atoms with Crippen molar-refractivity contribution in [2.45, 2.75) is 6.54 Å². The Morgan fingerprint density at radius 2 is 1.73 bits per heavy atom. The molecule has 0 radical (unpaired) electrons. The number of pyridine rings is 1. The summed E-state index contributed by atoms with van der Waals surface area (Å²) in [6, 6.07) is 14.6. The first-order valence-electron chi connectivity index (χ1n) is 10.6. The Morgan fingerprint density at radius 1 is 0.939 bits per heavy atom. The first-order chi connectivity index (χ1) is 16.2. The third-order valence-electron chi connectivity index (χ3n) is 5.60. The van der Waals surface area contributed by atoms with Crippen LogP contribution in [0.5, 0.6) is 0 Å². The molecular formula is C23H22N8O2. The summed E-state index contributed by atoms with van der Waals surface area (Å²) in [4.78, 5) is 37.6. The van der Waals surface area contributed by atoms with Crippen LogP contribution in [0.15, 0.2) is 72.0 Å². The third kappa shape index (κ3) is 4.49. The van der Waals surface area contributed by atoms with Crippen LogP contribution < -0.4 is 15.8 Å². The number of carbonyl (C=O) groups excluding carboxylic acids is 1. The van der Waals surface area contributed by atoms with Crippen molar-refractivity contribution >= 4 is 34.1 Å². The molecule has 0 aliphatic carbocycles. The molecule has 1 saturated heterocycles. The molecule has 1 aliphatic rings. The highest BCUT2D eigenvalue weighted by Crippen LogP contribution is 2.17. The lowest BCUT2D eigenvalue weighted by Crippen LogP contribution is -2.50. The van der Waals surface area contributed by atoms with Crippen molar-refractivity contribution < 1.29 is 4.79 Å². The standard InChI is InChI=1S/C23H22N8O2/c32-22(15-31-16-25-19-4-2-1-3-18(19)23(31)33)30-13-11-29(12-14-30)21-6-5-20(27-28-21)26-17-7-9-24-10-8-17/h1-10,16H,11-15H2,(H,24,26,27). The highest BCUT2D eigenvalue weighted by molar-refractivity contribution is 5.79. The number of amides is 1. The zero-order valence-electron chi connectivity index (χ0n) is 17.8.